The van der Waals surface area contributed by atoms with Crippen LogP contribution in [-0.4, -0.2) is 10.1 Å². The summed E-state index contributed by atoms with van der Waals surface area (Å²) in [7, 11) is 0. The van der Waals surface area contributed by atoms with E-state index in [1.807, 2.05) is 6.92 Å². The summed E-state index contributed by atoms with van der Waals surface area (Å²) in [5.41, 5.74) is 5.00. The maximum Gasteiger partial charge on any atom is 0.226 e. The monoisotopic (exact) mass is 402 g/mol. The van der Waals surface area contributed by atoms with E-state index in [2.05, 4.69) is 65.6 Å². The molecule has 0 atom stereocenters. The molecule has 2 aromatic carbocycles. The third kappa shape index (κ3) is 5.00. The summed E-state index contributed by atoms with van der Waals surface area (Å²) < 4.78 is 5.22. The lowest BCUT2D eigenvalue weighted by Crippen LogP contribution is -2.13. The van der Waals surface area contributed by atoms with E-state index < -0.39 is 0 Å². The molecule has 0 radical (unpaired) electrons. The Morgan fingerprint density at radius 1 is 0.800 bits per heavy atom. The molecule has 0 saturated heterocycles. The fraction of sp³-hybridized carbons (Fsp3) is 0.481. The van der Waals surface area contributed by atoms with E-state index in [0.29, 0.717) is 11.7 Å². The Kier molecular flexibility index (Phi) is 6.99. The summed E-state index contributed by atoms with van der Waals surface area (Å²) >= 11 is 0. The van der Waals surface area contributed by atoms with Crippen molar-refractivity contribution >= 4 is 0 Å². The van der Waals surface area contributed by atoms with E-state index in [-0.39, 0.29) is 0 Å². The smallest absolute Gasteiger partial charge is 0.226 e. The normalized spacial score (nSPS) is 19.1. The highest BCUT2D eigenvalue weighted by molar-refractivity contribution is 5.67. The van der Waals surface area contributed by atoms with E-state index in [0.717, 1.165) is 23.8 Å². The van der Waals surface area contributed by atoms with Crippen LogP contribution < -0.4 is 0 Å². The molecule has 1 heterocycles. The zero-order valence-electron chi connectivity index (χ0n) is 18.4. The van der Waals surface area contributed by atoms with Gasteiger partial charge in [-0.05, 0) is 54.2 Å². The minimum Gasteiger partial charge on any atom is -0.339 e. The second kappa shape index (κ2) is 10.1. The number of rotatable bonds is 8. The Bertz CT molecular complexity index is 903. The van der Waals surface area contributed by atoms with Crippen LogP contribution in [0, 0.1) is 5.92 Å². The predicted molar refractivity (Wildman–Crippen MR) is 123 cm³/mol. The van der Waals surface area contributed by atoms with E-state index in [1.54, 1.807) is 0 Å². The van der Waals surface area contributed by atoms with Gasteiger partial charge in [0.1, 0.15) is 0 Å². The van der Waals surface area contributed by atoms with Crippen molar-refractivity contribution < 1.29 is 4.52 Å². The van der Waals surface area contributed by atoms with Crippen molar-refractivity contribution in [1.29, 1.82) is 0 Å². The molecule has 1 aliphatic rings. The summed E-state index contributed by atoms with van der Waals surface area (Å²) in [4.78, 5) is 4.41. The molecule has 0 aliphatic heterocycles. The van der Waals surface area contributed by atoms with Crippen LogP contribution in [0.2, 0.25) is 0 Å². The third-order valence-corrected chi connectivity index (χ3v) is 6.69. The van der Waals surface area contributed by atoms with E-state index in [9.17, 15) is 0 Å². The second-order valence-corrected chi connectivity index (χ2v) is 8.78. The molecule has 1 aromatic heterocycles. The van der Waals surface area contributed by atoms with E-state index in [1.165, 1.54) is 68.1 Å². The SMILES string of the molecule is CCCCCC1CCC(c2ccc(-c3ccc(-c4noc(CC)n4)cc3)cc2)CC1. The van der Waals surface area contributed by atoms with Gasteiger partial charge < -0.3 is 4.52 Å². The summed E-state index contributed by atoms with van der Waals surface area (Å²) in [6.07, 6.45) is 11.9. The summed E-state index contributed by atoms with van der Waals surface area (Å²) in [5, 5.41) is 4.06. The molecule has 1 aliphatic carbocycles. The van der Waals surface area contributed by atoms with Crippen molar-refractivity contribution in [2.75, 3.05) is 0 Å². The molecular weight excluding hydrogens is 368 g/mol. The quantitative estimate of drug-likeness (QED) is 0.360. The lowest BCUT2D eigenvalue weighted by atomic mass is 9.77. The summed E-state index contributed by atoms with van der Waals surface area (Å²) in [6, 6.07) is 17.7. The van der Waals surface area contributed by atoms with Crippen LogP contribution in [0.5, 0.6) is 0 Å². The van der Waals surface area contributed by atoms with Crippen LogP contribution >= 0.6 is 0 Å². The van der Waals surface area contributed by atoms with Gasteiger partial charge in [-0.3, -0.25) is 0 Å². The number of benzene rings is 2. The van der Waals surface area contributed by atoms with Crippen LogP contribution in [0.25, 0.3) is 22.5 Å². The molecule has 0 N–H and O–H groups in total. The minimum atomic E-state index is 0.666. The molecule has 30 heavy (non-hydrogen) atoms. The second-order valence-electron chi connectivity index (χ2n) is 8.78. The van der Waals surface area contributed by atoms with Gasteiger partial charge in [-0.25, -0.2) is 0 Å². The first-order valence-electron chi connectivity index (χ1n) is 11.8. The minimum absolute atomic E-state index is 0.666. The molecule has 1 saturated carbocycles. The maximum absolute atomic E-state index is 5.22. The molecule has 1 fully saturated rings. The lowest BCUT2D eigenvalue weighted by molar-refractivity contribution is 0.303. The van der Waals surface area contributed by atoms with Crippen molar-refractivity contribution in [3.63, 3.8) is 0 Å². The number of nitrogens with zero attached hydrogens (tertiary/aromatic N) is 2. The van der Waals surface area contributed by atoms with Gasteiger partial charge in [0.2, 0.25) is 11.7 Å². The Balaban J connectivity index is 1.35. The third-order valence-electron chi connectivity index (χ3n) is 6.69. The van der Waals surface area contributed by atoms with Crippen LogP contribution in [0.4, 0.5) is 0 Å². The molecule has 3 nitrogen and oxygen atoms in total. The number of aryl methyl sites for hydroxylation is 1. The van der Waals surface area contributed by atoms with Gasteiger partial charge in [0, 0.05) is 12.0 Å². The number of hydrogen-bond acceptors (Lipinski definition) is 3. The number of aromatic nitrogens is 2. The highest BCUT2D eigenvalue weighted by atomic mass is 16.5. The Morgan fingerprint density at radius 3 is 2.03 bits per heavy atom. The van der Waals surface area contributed by atoms with Crippen molar-refractivity contribution in [3.05, 3.63) is 60.0 Å². The van der Waals surface area contributed by atoms with Crippen LogP contribution in [0.15, 0.2) is 53.1 Å². The first-order chi connectivity index (χ1) is 14.8. The fourth-order valence-electron chi connectivity index (χ4n) is 4.74. The standard InChI is InChI=1S/C27H34N2O/c1-3-5-6-7-20-8-10-21(11-9-20)22-12-14-23(15-13-22)24-16-18-25(19-17-24)27-28-26(4-2)30-29-27/h12-21H,3-11H2,1-2H3. The average molecular weight is 403 g/mol. The number of hydrogen-bond donors (Lipinski definition) is 0. The Labute approximate surface area is 180 Å². The van der Waals surface area contributed by atoms with Crippen molar-refractivity contribution in [2.45, 2.75) is 77.6 Å². The zero-order valence-corrected chi connectivity index (χ0v) is 18.4. The zero-order chi connectivity index (χ0) is 20.8. The molecular formula is C27H34N2O. The molecule has 158 valence electrons. The van der Waals surface area contributed by atoms with Crippen LogP contribution in [-0.2, 0) is 6.42 Å². The molecule has 0 spiro atoms. The highest BCUT2D eigenvalue weighted by Crippen LogP contribution is 2.38. The van der Waals surface area contributed by atoms with Crippen molar-refractivity contribution in [1.82, 2.24) is 10.1 Å². The first-order valence-corrected chi connectivity index (χ1v) is 11.8. The molecule has 3 heteroatoms. The summed E-state index contributed by atoms with van der Waals surface area (Å²) in [6.45, 7) is 4.31. The fourth-order valence-corrected chi connectivity index (χ4v) is 4.74. The maximum atomic E-state index is 5.22. The van der Waals surface area contributed by atoms with Gasteiger partial charge in [-0.2, -0.15) is 4.98 Å². The van der Waals surface area contributed by atoms with Crippen molar-refractivity contribution in [2.24, 2.45) is 5.92 Å². The van der Waals surface area contributed by atoms with Gasteiger partial charge in [0.05, 0.1) is 0 Å². The van der Waals surface area contributed by atoms with E-state index >= 15 is 0 Å². The van der Waals surface area contributed by atoms with Gasteiger partial charge in [0.15, 0.2) is 0 Å². The first kappa shape index (κ1) is 20.8. The van der Waals surface area contributed by atoms with Gasteiger partial charge >= 0.3 is 0 Å². The van der Waals surface area contributed by atoms with E-state index in [4.69, 9.17) is 4.52 Å². The highest BCUT2D eigenvalue weighted by Gasteiger charge is 2.22. The predicted octanol–water partition coefficient (Wildman–Crippen LogP) is 7.82. The number of unbranched alkanes of at least 4 members (excludes halogenated alkanes) is 2. The Morgan fingerprint density at radius 2 is 1.43 bits per heavy atom. The van der Waals surface area contributed by atoms with Crippen molar-refractivity contribution in [3.8, 4) is 22.5 Å². The lowest BCUT2D eigenvalue weighted by Gasteiger charge is -2.29. The summed E-state index contributed by atoms with van der Waals surface area (Å²) in [5.74, 6) is 3.06. The van der Waals surface area contributed by atoms with Gasteiger partial charge in [-0.1, -0.05) is 93.2 Å². The molecule has 4 rings (SSSR count). The average Bonchev–Trinajstić information content (AvgIpc) is 3.29. The van der Waals surface area contributed by atoms with Crippen LogP contribution in [0.3, 0.4) is 0 Å². The van der Waals surface area contributed by atoms with Gasteiger partial charge in [0.25, 0.3) is 0 Å². The molecule has 0 bridgehead atoms. The molecule has 0 amide bonds. The largest absolute Gasteiger partial charge is 0.339 e. The molecule has 3 aromatic rings. The molecule has 0 unspecified atom stereocenters. The topological polar surface area (TPSA) is 38.9 Å². The van der Waals surface area contributed by atoms with Gasteiger partial charge in [-0.15, -0.1) is 0 Å². The Hall–Kier alpha value is -2.42. The van der Waals surface area contributed by atoms with Crippen LogP contribution in [0.1, 0.15) is 82.6 Å².